The molecule has 0 fully saturated rings. The summed E-state index contributed by atoms with van der Waals surface area (Å²) in [5.41, 5.74) is 1.05. The van der Waals surface area contributed by atoms with Gasteiger partial charge in [0.05, 0.1) is 30.0 Å². The first-order valence-corrected chi connectivity index (χ1v) is 8.80. The SMILES string of the molecule is COC(=O)Cn1c(=NC(=O)c2cc(Cl)ccc2OC)sc2ccccc21. The summed E-state index contributed by atoms with van der Waals surface area (Å²) in [4.78, 5) is 29.1. The molecule has 134 valence electrons. The molecule has 3 aromatic rings. The van der Waals surface area contributed by atoms with Gasteiger partial charge < -0.3 is 14.0 Å². The van der Waals surface area contributed by atoms with Gasteiger partial charge in [-0.25, -0.2) is 0 Å². The van der Waals surface area contributed by atoms with Gasteiger partial charge in [0.15, 0.2) is 4.80 Å². The van der Waals surface area contributed by atoms with E-state index >= 15 is 0 Å². The van der Waals surface area contributed by atoms with E-state index in [4.69, 9.17) is 21.1 Å². The summed E-state index contributed by atoms with van der Waals surface area (Å²) in [7, 11) is 2.78. The molecule has 2 aromatic carbocycles. The lowest BCUT2D eigenvalue weighted by Gasteiger charge is -2.06. The van der Waals surface area contributed by atoms with Crippen molar-refractivity contribution in [2.45, 2.75) is 6.54 Å². The summed E-state index contributed by atoms with van der Waals surface area (Å²) >= 11 is 7.30. The van der Waals surface area contributed by atoms with Crippen molar-refractivity contribution >= 4 is 45.0 Å². The zero-order valence-corrected chi connectivity index (χ0v) is 15.6. The van der Waals surface area contributed by atoms with E-state index in [1.807, 2.05) is 24.3 Å². The topological polar surface area (TPSA) is 69.9 Å². The predicted molar refractivity (Wildman–Crippen MR) is 99.7 cm³/mol. The molecule has 3 rings (SSSR count). The Morgan fingerprint density at radius 3 is 2.69 bits per heavy atom. The van der Waals surface area contributed by atoms with Crippen LogP contribution in [0.3, 0.4) is 0 Å². The lowest BCUT2D eigenvalue weighted by molar-refractivity contribution is -0.141. The van der Waals surface area contributed by atoms with Crippen LogP contribution in [0.4, 0.5) is 0 Å². The maximum absolute atomic E-state index is 12.7. The quantitative estimate of drug-likeness (QED) is 0.641. The number of fused-ring (bicyclic) bond motifs is 1. The molecule has 0 aliphatic heterocycles. The fourth-order valence-corrected chi connectivity index (χ4v) is 3.65. The summed E-state index contributed by atoms with van der Waals surface area (Å²) in [6.07, 6.45) is 0. The van der Waals surface area contributed by atoms with Gasteiger partial charge in [0, 0.05) is 5.02 Å². The number of hydrogen-bond acceptors (Lipinski definition) is 5. The smallest absolute Gasteiger partial charge is 0.325 e. The van der Waals surface area contributed by atoms with Gasteiger partial charge in [0.2, 0.25) is 0 Å². The van der Waals surface area contributed by atoms with Gasteiger partial charge in [-0.15, -0.1) is 0 Å². The van der Waals surface area contributed by atoms with E-state index in [0.717, 1.165) is 10.2 Å². The molecule has 1 heterocycles. The minimum absolute atomic E-state index is 0.0424. The van der Waals surface area contributed by atoms with E-state index in [0.29, 0.717) is 15.6 Å². The fraction of sp³-hybridized carbons (Fsp3) is 0.167. The largest absolute Gasteiger partial charge is 0.496 e. The molecular weight excluding hydrogens is 376 g/mol. The minimum Gasteiger partial charge on any atom is -0.496 e. The third kappa shape index (κ3) is 3.63. The van der Waals surface area contributed by atoms with E-state index in [9.17, 15) is 9.59 Å². The number of halogens is 1. The van der Waals surface area contributed by atoms with E-state index in [2.05, 4.69) is 4.99 Å². The van der Waals surface area contributed by atoms with Crippen LogP contribution in [-0.2, 0) is 16.1 Å². The van der Waals surface area contributed by atoms with Crippen LogP contribution in [0.15, 0.2) is 47.5 Å². The first-order chi connectivity index (χ1) is 12.5. The Labute approximate surface area is 158 Å². The van der Waals surface area contributed by atoms with Crippen LogP contribution >= 0.6 is 22.9 Å². The second kappa shape index (κ2) is 7.72. The number of amides is 1. The molecule has 0 aliphatic carbocycles. The van der Waals surface area contributed by atoms with Crippen molar-refractivity contribution in [3.63, 3.8) is 0 Å². The van der Waals surface area contributed by atoms with Crippen LogP contribution in [0, 0.1) is 0 Å². The summed E-state index contributed by atoms with van der Waals surface area (Å²) in [5.74, 6) is -0.555. The Kier molecular flexibility index (Phi) is 5.39. The van der Waals surface area contributed by atoms with E-state index in [1.54, 1.807) is 16.7 Å². The summed E-state index contributed by atoms with van der Waals surface area (Å²) in [5, 5.41) is 0.406. The molecule has 6 nitrogen and oxygen atoms in total. The highest BCUT2D eigenvalue weighted by Gasteiger charge is 2.15. The Balaban J connectivity index is 2.15. The van der Waals surface area contributed by atoms with Crippen molar-refractivity contribution in [2.75, 3.05) is 14.2 Å². The second-order valence-electron chi connectivity index (χ2n) is 5.28. The van der Waals surface area contributed by atoms with Crippen LogP contribution in [0.5, 0.6) is 5.75 Å². The number of benzene rings is 2. The minimum atomic E-state index is -0.505. The highest BCUT2D eigenvalue weighted by atomic mass is 35.5. The van der Waals surface area contributed by atoms with Gasteiger partial charge in [0.1, 0.15) is 12.3 Å². The van der Waals surface area contributed by atoms with Crippen molar-refractivity contribution < 1.29 is 19.1 Å². The molecule has 0 saturated heterocycles. The number of esters is 1. The van der Waals surface area contributed by atoms with Crippen molar-refractivity contribution in [3.8, 4) is 5.75 Å². The average molecular weight is 391 g/mol. The van der Waals surface area contributed by atoms with E-state index in [-0.39, 0.29) is 12.1 Å². The van der Waals surface area contributed by atoms with Crippen molar-refractivity contribution in [3.05, 3.63) is 57.9 Å². The maximum Gasteiger partial charge on any atom is 0.325 e. The van der Waals surface area contributed by atoms with Crippen molar-refractivity contribution in [1.82, 2.24) is 4.57 Å². The zero-order valence-electron chi connectivity index (χ0n) is 14.1. The Bertz CT molecular complexity index is 1050. The molecular formula is C18H15ClN2O4S. The molecule has 0 spiro atoms. The molecule has 0 aliphatic rings. The molecule has 8 heteroatoms. The lowest BCUT2D eigenvalue weighted by Crippen LogP contribution is -2.22. The number of para-hydroxylation sites is 1. The Morgan fingerprint density at radius 1 is 1.19 bits per heavy atom. The summed E-state index contributed by atoms with van der Waals surface area (Å²) in [6, 6.07) is 12.2. The molecule has 0 atom stereocenters. The standard InChI is InChI=1S/C18H15ClN2O4S/c1-24-14-8-7-11(19)9-12(14)17(23)20-18-21(10-16(22)25-2)13-5-3-4-6-15(13)26-18/h3-9H,10H2,1-2H3. The maximum atomic E-state index is 12.7. The normalized spacial score (nSPS) is 11.6. The van der Waals surface area contributed by atoms with Gasteiger partial charge >= 0.3 is 5.97 Å². The van der Waals surface area contributed by atoms with Crippen molar-refractivity contribution in [1.29, 1.82) is 0 Å². The van der Waals surface area contributed by atoms with Gasteiger partial charge in [-0.2, -0.15) is 4.99 Å². The molecule has 1 aromatic heterocycles. The lowest BCUT2D eigenvalue weighted by atomic mass is 10.2. The molecule has 26 heavy (non-hydrogen) atoms. The van der Waals surface area contributed by atoms with E-state index in [1.165, 1.54) is 31.6 Å². The molecule has 0 bridgehead atoms. The number of carbonyl (C=O) groups excluding carboxylic acids is 2. The van der Waals surface area contributed by atoms with Crippen LogP contribution < -0.4 is 9.54 Å². The highest BCUT2D eigenvalue weighted by molar-refractivity contribution is 7.16. The summed E-state index contributed by atoms with van der Waals surface area (Å²) < 4.78 is 12.5. The molecule has 1 amide bonds. The number of rotatable bonds is 4. The van der Waals surface area contributed by atoms with Gasteiger partial charge in [-0.1, -0.05) is 35.1 Å². The predicted octanol–water partition coefficient (Wildman–Crippen LogP) is 3.28. The zero-order chi connectivity index (χ0) is 18.7. The molecule has 0 N–H and O–H groups in total. The Morgan fingerprint density at radius 2 is 1.96 bits per heavy atom. The van der Waals surface area contributed by atoms with Crippen LogP contribution in [-0.4, -0.2) is 30.7 Å². The monoisotopic (exact) mass is 390 g/mol. The van der Waals surface area contributed by atoms with Crippen LogP contribution in [0.25, 0.3) is 10.2 Å². The number of hydrogen-bond donors (Lipinski definition) is 0. The van der Waals surface area contributed by atoms with Gasteiger partial charge in [-0.3, -0.25) is 9.59 Å². The Hall–Kier alpha value is -2.64. The first-order valence-electron chi connectivity index (χ1n) is 7.61. The number of thiazole rings is 1. The van der Waals surface area contributed by atoms with Crippen LogP contribution in [0.1, 0.15) is 10.4 Å². The third-order valence-electron chi connectivity index (χ3n) is 3.69. The third-order valence-corrected chi connectivity index (χ3v) is 4.99. The van der Waals surface area contributed by atoms with Crippen LogP contribution in [0.2, 0.25) is 5.02 Å². The molecule has 0 saturated carbocycles. The van der Waals surface area contributed by atoms with Gasteiger partial charge in [0.25, 0.3) is 5.91 Å². The highest BCUT2D eigenvalue weighted by Crippen LogP contribution is 2.23. The number of ether oxygens (including phenoxy) is 2. The second-order valence-corrected chi connectivity index (χ2v) is 6.72. The first kappa shape index (κ1) is 18.2. The molecule has 0 radical (unpaired) electrons. The fourth-order valence-electron chi connectivity index (χ4n) is 2.45. The number of methoxy groups -OCH3 is 2. The molecule has 0 unspecified atom stereocenters. The van der Waals surface area contributed by atoms with E-state index < -0.39 is 11.9 Å². The van der Waals surface area contributed by atoms with Gasteiger partial charge in [-0.05, 0) is 30.3 Å². The van der Waals surface area contributed by atoms with Crippen molar-refractivity contribution in [2.24, 2.45) is 4.99 Å². The number of nitrogens with zero attached hydrogens (tertiary/aromatic N) is 2. The number of aromatic nitrogens is 1. The summed E-state index contributed by atoms with van der Waals surface area (Å²) in [6.45, 7) is -0.0424. The number of carbonyl (C=O) groups is 2. The average Bonchev–Trinajstić information content (AvgIpc) is 2.98.